The summed E-state index contributed by atoms with van der Waals surface area (Å²) in [7, 11) is 0. The number of nitrogens with one attached hydrogen (secondary N) is 1. The van der Waals surface area contributed by atoms with Crippen LogP contribution in [-0.4, -0.2) is 18.1 Å². The van der Waals surface area contributed by atoms with E-state index < -0.39 is 6.10 Å². The Bertz CT molecular complexity index is 442. The van der Waals surface area contributed by atoms with Crippen molar-refractivity contribution in [3.63, 3.8) is 0 Å². The number of carbonyl (C=O) groups excluding carboxylic acids is 1. The minimum absolute atomic E-state index is 0.0788. The lowest BCUT2D eigenvalue weighted by Crippen LogP contribution is -2.42. The Morgan fingerprint density at radius 3 is 2.55 bits per heavy atom. The SMILES string of the molecule is CCC(CC)NC(=O)C(C)Oc1c(C)cccc1CN. The topological polar surface area (TPSA) is 64.3 Å². The smallest absolute Gasteiger partial charge is 0.260 e. The molecule has 1 aromatic rings. The van der Waals surface area contributed by atoms with Crippen molar-refractivity contribution in [3.8, 4) is 5.75 Å². The van der Waals surface area contributed by atoms with Crippen LogP contribution in [0.15, 0.2) is 18.2 Å². The molecule has 0 aromatic heterocycles. The lowest BCUT2D eigenvalue weighted by atomic mass is 10.1. The highest BCUT2D eigenvalue weighted by Crippen LogP contribution is 2.24. The summed E-state index contributed by atoms with van der Waals surface area (Å²) in [6.07, 6.45) is 1.32. The van der Waals surface area contributed by atoms with E-state index in [9.17, 15) is 4.79 Å². The van der Waals surface area contributed by atoms with Gasteiger partial charge in [-0.2, -0.15) is 0 Å². The van der Waals surface area contributed by atoms with E-state index in [1.165, 1.54) is 0 Å². The molecule has 112 valence electrons. The summed E-state index contributed by atoms with van der Waals surface area (Å²) in [4.78, 5) is 12.1. The van der Waals surface area contributed by atoms with Gasteiger partial charge in [0, 0.05) is 18.2 Å². The molecule has 0 fully saturated rings. The van der Waals surface area contributed by atoms with Crippen LogP contribution >= 0.6 is 0 Å². The number of aryl methyl sites for hydroxylation is 1. The minimum Gasteiger partial charge on any atom is -0.480 e. The second-order valence-electron chi connectivity index (χ2n) is 5.05. The molecule has 4 nitrogen and oxygen atoms in total. The maximum absolute atomic E-state index is 12.1. The summed E-state index contributed by atoms with van der Waals surface area (Å²) in [5.41, 5.74) is 7.63. The first kappa shape index (κ1) is 16.5. The zero-order valence-electron chi connectivity index (χ0n) is 12.9. The van der Waals surface area contributed by atoms with Crippen molar-refractivity contribution in [1.29, 1.82) is 0 Å². The fourth-order valence-electron chi connectivity index (χ4n) is 2.08. The summed E-state index contributed by atoms with van der Waals surface area (Å²) in [5.74, 6) is 0.645. The van der Waals surface area contributed by atoms with E-state index in [1.807, 2.05) is 25.1 Å². The number of para-hydroxylation sites is 1. The molecule has 3 N–H and O–H groups in total. The van der Waals surface area contributed by atoms with Crippen LogP contribution in [0.25, 0.3) is 0 Å². The van der Waals surface area contributed by atoms with Gasteiger partial charge >= 0.3 is 0 Å². The fourth-order valence-corrected chi connectivity index (χ4v) is 2.08. The van der Waals surface area contributed by atoms with Crippen molar-refractivity contribution in [2.24, 2.45) is 5.73 Å². The van der Waals surface area contributed by atoms with E-state index in [1.54, 1.807) is 6.92 Å². The van der Waals surface area contributed by atoms with Gasteiger partial charge in [-0.05, 0) is 32.3 Å². The molecular formula is C16H26N2O2. The maximum atomic E-state index is 12.1. The normalized spacial score (nSPS) is 12.3. The third-order valence-electron chi connectivity index (χ3n) is 3.51. The van der Waals surface area contributed by atoms with Crippen LogP contribution in [-0.2, 0) is 11.3 Å². The molecule has 0 aliphatic heterocycles. The lowest BCUT2D eigenvalue weighted by Gasteiger charge is -2.21. The molecule has 0 aliphatic rings. The van der Waals surface area contributed by atoms with Gasteiger partial charge in [0.15, 0.2) is 6.10 Å². The van der Waals surface area contributed by atoms with Gasteiger partial charge in [-0.25, -0.2) is 0 Å². The van der Waals surface area contributed by atoms with Gasteiger partial charge in [0.1, 0.15) is 5.75 Å². The largest absolute Gasteiger partial charge is 0.480 e. The van der Waals surface area contributed by atoms with E-state index in [4.69, 9.17) is 10.5 Å². The zero-order chi connectivity index (χ0) is 15.1. The third kappa shape index (κ3) is 4.23. The Labute approximate surface area is 121 Å². The number of carbonyl (C=O) groups is 1. The summed E-state index contributed by atoms with van der Waals surface area (Å²) in [6, 6.07) is 6.03. The first-order valence-electron chi connectivity index (χ1n) is 7.29. The van der Waals surface area contributed by atoms with Crippen LogP contribution < -0.4 is 15.8 Å². The molecule has 0 radical (unpaired) electrons. The average molecular weight is 278 g/mol. The molecule has 1 rings (SSSR count). The van der Waals surface area contributed by atoms with Gasteiger partial charge < -0.3 is 15.8 Å². The molecule has 20 heavy (non-hydrogen) atoms. The Balaban J connectivity index is 2.75. The highest BCUT2D eigenvalue weighted by Gasteiger charge is 2.19. The highest BCUT2D eigenvalue weighted by atomic mass is 16.5. The summed E-state index contributed by atoms with van der Waals surface area (Å²) in [5, 5.41) is 3.00. The lowest BCUT2D eigenvalue weighted by molar-refractivity contribution is -0.128. The second kappa shape index (κ2) is 7.90. The van der Waals surface area contributed by atoms with Crippen LogP contribution in [0.5, 0.6) is 5.75 Å². The summed E-state index contributed by atoms with van der Waals surface area (Å²) >= 11 is 0. The van der Waals surface area contributed by atoms with E-state index in [0.717, 1.165) is 29.7 Å². The molecule has 1 atom stereocenters. The van der Waals surface area contributed by atoms with Gasteiger partial charge in [-0.15, -0.1) is 0 Å². The van der Waals surface area contributed by atoms with Crippen molar-refractivity contribution < 1.29 is 9.53 Å². The fraction of sp³-hybridized carbons (Fsp3) is 0.562. The molecule has 0 saturated carbocycles. The van der Waals surface area contributed by atoms with Crippen molar-refractivity contribution in [2.75, 3.05) is 0 Å². The first-order chi connectivity index (χ1) is 9.53. The van der Waals surface area contributed by atoms with Crippen LogP contribution in [0, 0.1) is 6.92 Å². The van der Waals surface area contributed by atoms with Gasteiger partial charge in [-0.1, -0.05) is 32.0 Å². The number of hydrogen-bond acceptors (Lipinski definition) is 3. The van der Waals surface area contributed by atoms with Crippen LogP contribution in [0.2, 0.25) is 0 Å². The van der Waals surface area contributed by atoms with Crippen molar-refractivity contribution in [3.05, 3.63) is 29.3 Å². The number of amides is 1. The average Bonchev–Trinajstić information content (AvgIpc) is 2.46. The quantitative estimate of drug-likeness (QED) is 0.805. The van der Waals surface area contributed by atoms with Crippen molar-refractivity contribution in [2.45, 2.75) is 59.2 Å². The molecule has 0 heterocycles. The maximum Gasteiger partial charge on any atom is 0.260 e. The third-order valence-corrected chi connectivity index (χ3v) is 3.51. The zero-order valence-corrected chi connectivity index (χ0v) is 12.9. The number of benzene rings is 1. The molecule has 1 amide bonds. The van der Waals surface area contributed by atoms with E-state index in [0.29, 0.717) is 6.54 Å². The van der Waals surface area contributed by atoms with Crippen LogP contribution in [0.1, 0.15) is 44.7 Å². The molecule has 0 saturated heterocycles. The standard InChI is InChI=1S/C16H26N2O2/c1-5-14(6-2)18-16(19)12(4)20-15-11(3)8-7-9-13(15)10-17/h7-9,12,14H,5-6,10,17H2,1-4H3,(H,18,19). The van der Waals surface area contributed by atoms with E-state index >= 15 is 0 Å². The van der Waals surface area contributed by atoms with Gasteiger partial charge in [-0.3, -0.25) is 4.79 Å². The summed E-state index contributed by atoms with van der Waals surface area (Å²) < 4.78 is 5.83. The van der Waals surface area contributed by atoms with Gasteiger partial charge in [0.05, 0.1) is 0 Å². The van der Waals surface area contributed by atoms with Gasteiger partial charge in [0.2, 0.25) is 0 Å². The van der Waals surface area contributed by atoms with Crippen molar-refractivity contribution >= 4 is 5.91 Å². The highest BCUT2D eigenvalue weighted by molar-refractivity contribution is 5.81. The van der Waals surface area contributed by atoms with E-state index in [-0.39, 0.29) is 11.9 Å². The summed E-state index contributed by atoms with van der Waals surface area (Å²) in [6.45, 7) is 8.25. The predicted molar refractivity (Wildman–Crippen MR) is 81.7 cm³/mol. The Kier molecular flexibility index (Phi) is 6.52. The predicted octanol–water partition coefficient (Wildman–Crippen LogP) is 2.53. The molecule has 4 heteroatoms. The Hall–Kier alpha value is -1.55. The molecule has 0 bridgehead atoms. The number of nitrogens with two attached hydrogens (primary N) is 1. The van der Waals surface area contributed by atoms with Crippen LogP contribution in [0.3, 0.4) is 0 Å². The Morgan fingerprint density at radius 2 is 2.00 bits per heavy atom. The second-order valence-corrected chi connectivity index (χ2v) is 5.05. The number of rotatable bonds is 7. The monoisotopic (exact) mass is 278 g/mol. The van der Waals surface area contributed by atoms with E-state index in [2.05, 4.69) is 19.2 Å². The van der Waals surface area contributed by atoms with Gasteiger partial charge in [0.25, 0.3) is 5.91 Å². The number of ether oxygens (including phenoxy) is 1. The Morgan fingerprint density at radius 1 is 1.35 bits per heavy atom. The molecular weight excluding hydrogens is 252 g/mol. The minimum atomic E-state index is -0.526. The molecule has 0 aliphatic carbocycles. The van der Waals surface area contributed by atoms with Crippen molar-refractivity contribution in [1.82, 2.24) is 5.32 Å². The first-order valence-corrected chi connectivity index (χ1v) is 7.29. The molecule has 1 aromatic carbocycles. The van der Waals surface area contributed by atoms with Crippen LogP contribution in [0.4, 0.5) is 0 Å². The number of hydrogen-bond donors (Lipinski definition) is 2. The molecule has 0 spiro atoms. The molecule has 1 unspecified atom stereocenters.